The molecule has 3 aromatic carbocycles. The van der Waals surface area contributed by atoms with Gasteiger partial charge in [-0.3, -0.25) is 4.79 Å². The number of anilines is 1. The lowest BCUT2D eigenvalue weighted by Crippen LogP contribution is -2.55. The van der Waals surface area contributed by atoms with Crippen molar-refractivity contribution in [3.63, 3.8) is 0 Å². The highest BCUT2D eigenvalue weighted by molar-refractivity contribution is 7.88. The molecule has 5 N–H and O–H groups in total. The van der Waals surface area contributed by atoms with Crippen LogP contribution in [0.15, 0.2) is 72.8 Å². The summed E-state index contributed by atoms with van der Waals surface area (Å²) in [5.41, 5.74) is 2.71. The number of aryl methyl sites for hydroxylation is 2. The van der Waals surface area contributed by atoms with Gasteiger partial charge in [0.05, 0.1) is 37.5 Å². The molecule has 9 nitrogen and oxygen atoms in total. The molecule has 3 atom stereocenters. The summed E-state index contributed by atoms with van der Waals surface area (Å²) in [5, 5.41) is 39.7. The molecule has 45 heavy (non-hydrogen) atoms. The third-order valence-electron chi connectivity index (χ3n) is 8.48. The predicted octanol–water partition coefficient (Wildman–Crippen LogP) is 3.56. The molecule has 0 aromatic heterocycles. The molecule has 1 heterocycles. The van der Waals surface area contributed by atoms with E-state index in [-0.39, 0.29) is 30.1 Å². The van der Waals surface area contributed by atoms with Crippen molar-refractivity contribution < 1.29 is 38.0 Å². The lowest BCUT2D eigenvalue weighted by atomic mass is 9.78. The van der Waals surface area contributed by atoms with Gasteiger partial charge >= 0.3 is 0 Å². The second-order valence-corrected chi connectivity index (χ2v) is 13.8. The Morgan fingerprint density at radius 2 is 1.51 bits per heavy atom. The van der Waals surface area contributed by atoms with E-state index in [1.54, 1.807) is 17.0 Å². The molecular weight excluding hydrogens is 599 g/mol. The number of sulfonamides is 1. The molecule has 1 aliphatic heterocycles. The van der Waals surface area contributed by atoms with Crippen LogP contribution in [0.5, 0.6) is 0 Å². The minimum Gasteiger partial charge on any atom is -0.393 e. The molecule has 0 radical (unpaired) electrons. The summed E-state index contributed by atoms with van der Waals surface area (Å²) in [6.45, 7) is -0.683. The standard InChI is InChI=1S/C34H43FN2O7S/c1-45(43,44)36-21-3-2-4-24-7-15-29(16-8-24)37-32(27-9-5-25(6-10-27)19-20-34(42,22-38)23-39)30(33(37)41)17-18-31(40)26-11-13-28(35)14-12-26/h5-16,30-32,36,38-40,42H,2-4,17-23H2,1H3/t30-,31+,32-/m1/s1. The molecule has 1 aliphatic rings. The normalized spacial score (nSPS) is 17.7. The summed E-state index contributed by atoms with van der Waals surface area (Å²) in [5.74, 6) is -0.806. The smallest absolute Gasteiger partial charge is 0.233 e. The Morgan fingerprint density at radius 1 is 0.911 bits per heavy atom. The number of β-lactam (4-membered cyclic amide) rings is 1. The quantitative estimate of drug-likeness (QED) is 0.112. The van der Waals surface area contributed by atoms with Gasteiger partial charge in [-0.05, 0) is 91.5 Å². The Morgan fingerprint density at radius 3 is 2.11 bits per heavy atom. The highest BCUT2D eigenvalue weighted by Crippen LogP contribution is 2.46. The molecule has 4 rings (SSSR count). The molecular formula is C34H43FN2O7S. The summed E-state index contributed by atoms with van der Waals surface area (Å²) in [6.07, 6.45) is 4.00. The SMILES string of the molecule is CS(=O)(=O)NCCCCc1ccc(N2C(=O)[C@H](CC[C@H](O)c3ccc(F)cc3)[C@H]2c2ccc(CCC(O)(CO)CO)cc2)cc1. The fourth-order valence-electron chi connectivity index (χ4n) is 5.69. The first-order valence-electron chi connectivity index (χ1n) is 15.3. The number of aliphatic hydroxyl groups excluding tert-OH is 3. The van der Waals surface area contributed by atoms with E-state index < -0.39 is 34.9 Å². The maximum atomic E-state index is 13.6. The highest BCUT2D eigenvalue weighted by Gasteiger charge is 2.48. The van der Waals surface area contributed by atoms with E-state index in [9.17, 15) is 38.0 Å². The number of carbonyl (C=O) groups is 1. The van der Waals surface area contributed by atoms with Crippen molar-refractivity contribution in [1.82, 2.24) is 4.72 Å². The zero-order valence-electron chi connectivity index (χ0n) is 25.5. The van der Waals surface area contributed by atoms with Crippen LogP contribution in [0.3, 0.4) is 0 Å². The molecule has 0 saturated carbocycles. The third kappa shape index (κ3) is 9.41. The van der Waals surface area contributed by atoms with Crippen LogP contribution < -0.4 is 9.62 Å². The van der Waals surface area contributed by atoms with E-state index in [1.165, 1.54) is 12.1 Å². The number of hydrogen-bond acceptors (Lipinski definition) is 7. The molecule has 0 bridgehead atoms. The summed E-state index contributed by atoms with van der Waals surface area (Å²) < 4.78 is 38.3. The van der Waals surface area contributed by atoms with Crippen LogP contribution in [-0.2, 0) is 27.7 Å². The molecule has 1 saturated heterocycles. The van der Waals surface area contributed by atoms with E-state index in [0.717, 1.165) is 41.5 Å². The van der Waals surface area contributed by atoms with E-state index in [0.29, 0.717) is 37.8 Å². The van der Waals surface area contributed by atoms with Crippen LogP contribution in [0.4, 0.5) is 10.1 Å². The number of carbonyl (C=O) groups excluding carboxylic acids is 1. The largest absolute Gasteiger partial charge is 0.393 e. The van der Waals surface area contributed by atoms with Gasteiger partial charge in [0.1, 0.15) is 11.4 Å². The van der Waals surface area contributed by atoms with E-state index >= 15 is 0 Å². The van der Waals surface area contributed by atoms with Crippen molar-refractivity contribution in [3.05, 3.63) is 101 Å². The topological polar surface area (TPSA) is 147 Å². The second kappa shape index (κ2) is 15.4. The van der Waals surface area contributed by atoms with Crippen molar-refractivity contribution in [3.8, 4) is 0 Å². The number of nitrogens with zero attached hydrogens (tertiary/aromatic N) is 1. The average molecular weight is 643 g/mol. The van der Waals surface area contributed by atoms with Gasteiger partial charge in [-0.15, -0.1) is 0 Å². The Labute approximate surface area is 264 Å². The summed E-state index contributed by atoms with van der Waals surface area (Å²) >= 11 is 0. The molecule has 11 heteroatoms. The summed E-state index contributed by atoms with van der Waals surface area (Å²) in [4.78, 5) is 15.3. The third-order valence-corrected chi connectivity index (χ3v) is 9.21. The Kier molecular flexibility index (Phi) is 11.9. The van der Waals surface area contributed by atoms with Crippen LogP contribution >= 0.6 is 0 Å². The van der Waals surface area contributed by atoms with Gasteiger partial charge in [-0.2, -0.15) is 0 Å². The van der Waals surface area contributed by atoms with Gasteiger partial charge in [-0.1, -0.05) is 48.5 Å². The molecule has 0 aliphatic carbocycles. The van der Waals surface area contributed by atoms with Crippen molar-refractivity contribution >= 4 is 21.6 Å². The lowest BCUT2D eigenvalue weighted by molar-refractivity contribution is -0.131. The van der Waals surface area contributed by atoms with Crippen LogP contribution in [0, 0.1) is 11.7 Å². The molecule has 1 fully saturated rings. The van der Waals surface area contributed by atoms with Crippen molar-refractivity contribution in [1.29, 1.82) is 0 Å². The Hall–Kier alpha value is -3.19. The highest BCUT2D eigenvalue weighted by atomic mass is 32.2. The first kappa shape index (κ1) is 34.7. The average Bonchev–Trinajstić information content (AvgIpc) is 3.03. The van der Waals surface area contributed by atoms with Crippen LogP contribution in [0.25, 0.3) is 0 Å². The number of benzene rings is 3. The molecule has 1 amide bonds. The number of hydrogen-bond donors (Lipinski definition) is 5. The van der Waals surface area contributed by atoms with E-state index in [4.69, 9.17) is 0 Å². The number of nitrogens with one attached hydrogen (secondary N) is 1. The van der Waals surface area contributed by atoms with Gasteiger partial charge < -0.3 is 25.3 Å². The predicted molar refractivity (Wildman–Crippen MR) is 170 cm³/mol. The maximum absolute atomic E-state index is 13.6. The number of halogens is 1. The number of amides is 1. The van der Waals surface area contributed by atoms with E-state index in [1.807, 2.05) is 48.5 Å². The van der Waals surface area contributed by atoms with Gasteiger partial charge in [0.2, 0.25) is 15.9 Å². The summed E-state index contributed by atoms with van der Waals surface area (Å²) in [7, 11) is -3.20. The fraction of sp³-hybridized carbons (Fsp3) is 0.441. The lowest BCUT2D eigenvalue weighted by Gasteiger charge is -2.48. The second-order valence-electron chi connectivity index (χ2n) is 12.0. The van der Waals surface area contributed by atoms with Gasteiger partial charge in [-0.25, -0.2) is 17.5 Å². The number of aliphatic hydroxyl groups is 4. The monoisotopic (exact) mass is 642 g/mol. The zero-order valence-corrected chi connectivity index (χ0v) is 26.3. The maximum Gasteiger partial charge on any atom is 0.233 e. The van der Waals surface area contributed by atoms with Crippen LogP contribution in [0.1, 0.15) is 66.5 Å². The van der Waals surface area contributed by atoms with Crippen LogP contribution in [-0.4, -0.2) is 66.4 Å². The van der Waals surface area contributed by atoms with Crippen molar-refractivity contribution in [2.45, 2.75) is 62.7 Å². The van der Waals surface area contributed by atoms with Crippen LogP contribution in [0.2, 0.25) is 0 Å². The zero-order chi connectivity index (χ0) is 32.6. The molecule has 244 valence electrons. The van der Waals surface area contributed by atoms with E-state index in [2.05, 4.69) is 4.72 Å². The van der Waals surface area contributed by atoms with Gasteiger partial charge in [0.15, 0.2) is 0 Å². The number of unbranched alkanes of at least 4 members (excludes halogenated alkanes) is 1. The van der Waals surface area contributed by atoms with Crippen molar-refractivity contribution in [2.24, 2.45) is 5.92 Å². The summed E-state index contributed by atoms with van der Waals surface area (Å²) in [6, 6.07) is 20.9. The first-order chi connectivity index (χ1) is 21.4. The van der Waals surface area contributed by atoms with Crippen molar-refractivity contribution in [2.75, 3.05) is 30.9 Å². The molecule has 0 spiro atoms. The fourth-order valence-corrected chi connectivity index (χ4v) is 6.20. The first-order valence-corrected chi connectivity index (χ1v) is 17.2. The van der Waals surface area contributed by atoms with Gasteiger partial charge in [0.25, 0.3) is 0 Å². The van der Waals surface area contributed by atoms with Gasteiger partial charge in [0, 0.05) is 12.2 Å². The Bertz CT molecular complexity index is 1500. The minimum absolute atomic E-state index is 0.0501. The molecule has 3 aromatic rings. The minimum atomic E-state index is -3.20. The number of rotatable bonds is 17. The Balaban J connectivity index is 1.47. The molecule has 0 unspecified atom stereocenters.